The second-order valence-electron chi connectivity index (χ2n) is 4.46. The van der Waals surface area contributed by atoms with Crippen LogP contribution in [0.4, 0.5) is 0 Å². The topological polar surface area (TPSA) is 21.3 Å². The minimum absolute atomic E-state index is 0.526. The molecular formula is C13H17NO. The Balaban J connectivity index is 2.13. The highest BCUT2D eigenvalue weighted by Crippen LogP contribution is 2.41. The first-order valence-electron chi connectivity index (χ1n) is 5.89. The molecule has 2 atom stereocenters. The number of ether oxygens (including phenoxy) is 1. The van der Waals surface area contributed by atoms with Crippen molar-refractivity contribution in [2.24, 2.45) is 0 Å². The zero-order chi connectivity index (χ0) is 10.3. The number of hydrogen-bond acceptors (Lipinski definition) is 2. The first-order chi connectivity index (χ1) is 7.40. The van der Waals surface area contributed by atoms with Gasteiger partial charge in [0.25, 0.3) is 0 Å². The van der Waals surface area contributed by atoms with Crippen molar-refractivity contribution < 1.29 is 4.74 Å². The lowest BCUT2D eigenvalue weighted by atomic mass is 9.82. The minimum atomic E-state index is 0.526. The third-order valence-corrected chi connectivity index (χ3v) is 3.63. The van der Waals surface area contributed by atoms with Crippen molar-refractivity contribution >= 4 is 0 Å². The van der Waals surface area contributed by atoms with Crippen LogP contribution in [0.3, 0.4) is 0 Å². The van der Waals surface area contributed by atoms with Gasteiger partial charge < -0.3 is 10.1 Å². The van der Waals surface area contributed by atoms with Crippen LogP contribution in [0.25, 0.3) is 0 Å². The van der Waals surface area contributed by atoms with E-state index in [9.17, 15) is 0 Å². The molecule has 0 bridgehead atoms. The summed E-state index contributed by atoms with van der Waals surface area (Å²) >= 11 is 0. The highest BCUT2D eigenvalue weighted by molar-refractivity contribution is 5.47. The summed E-state index contributed by atoms with van der Waals surface area (Å²) in [5.74, 6) is 1.80. The van der Waals surface area contributed by atoms with Crippen molar-refractivity contribution in [1.82, 2.24) is 5.32 Å². The van der Waals surface area contributed by atoms with Crippen molar-refractivity contribution in [3.05, 3.63) is 29.3 Å². The molecule has 2 heterocycles. The Labute approximate surface area is 90.6 Å². The molecule has 0 fully saturated rings. The zero-order valence-corrected chi connectivity index (χ0v) is 9.12. The Hall–Kier alpha value is -1.02. The van der Waals surface area contributed by atoms with Crippen LogP contribution in [0.1, 0.15) is 42.9 Å². The first-order valence-corrected chi connectivity index (χ1v) is 5.89. The predicted octanol–water partition coefficient (Wildman–Crippen LogP) is 2.61. The maximum absolute atomic E-state index is 5.74. The van der Waals surface area contributed by atoms with E-state index in [1.54, 1.807) is 0 Å². The summed E-state index contributed by atoms with van der Waals surface area (Å²) < 4.78 is 5.74. The molecule has 3 rings (SSSR count). The Morgan fingerprint density at radius 2 is 2.40 bits per heavy atom. The minimum Gasteiger partial charge on any atom is -0.493 e. The molecule has 0 saturated heterocycles. The smallest absolute Gasteiger partial charge is 0.123 e. The lowest BCUT2D eigenvalue weighted by Crippen LogP contribution is -2.35. The average molecular weight is 203 g/mol. The van der Waals surface area contributed by atoms with Gasteiger partial charge in [-0.05, 0) is 24.5 Å². The summed E-state index contributed by atoms with van der Waals surface area (Å²) in [4.78, 5) is 0. The second kappa shape index (κ2) is 3.53. The molecule has 0 spiro atoms. The highest BCUT2D eigenvalue weighted by atomic mass is 16.5. The van der Waals surface area contributed by atoms with Gasteiger partial charge in [-0.1, -0.05) is 19.1 Å². The number of hydrogen-bond donors (Lipinski definition) is 1. The van der Waals surface area contributed by atoms with Crippen LogP contribution in [-0.4, -0.2) is 13.2 Å². The van der Waals surface area contributed by atoms with E-state index in [0.717, 1.165) is 31.7 Å². The van der Waals surface area contributed by atoms with Gasteiger partial charge in [0.1, 0.15) is 5.75 Å². The fourth-order valence-electron chi connectivity index (χ4n) is 2.85. The quantitative estimate of drug-likeness (QED) is 0.757. The standard InChI is InChI=1S/C13H17NO/c1-2-11-10-4-3-5-12-13(10)9(8-14-11)6-7-15-12/h3-5,9,11,14H,2,6-8H2,1H3. The van der Waals surface area contributed by atoms with Crippen LogP contribution >= 0.6 is 0 Å². The summed E-state index contributed by atoms with van der Waals surface area (Å²) in [7, 11) is 0. The van der Waals surface area contributed by atoms with E-state index in [1.807, 2.05) is 0 Å². The van der Waals surface area contributed by atoms with Crippen molar-refractivity contribution in [3.63, 3.8) is 0 Å². The summed E-state index contributed by atoms with van der Waals surface area (Å²) in [6.07, 6.45) is 2.32. The van der Waals surface area contributed by atoms with E-state index in [1.165, 1.54) is 11.1 Å². The lowest BCUT2D eigenvalue weighted by Gasteiger charge is -2.36. The predicted molar refractivity (Wildman–Crippen MR) is 60.3 cm³/mol. The number of rotatable bonds is 1. The monoisotopic (exact) mass is 203 g/mol. The molecule has 1 aromatic rings. The van der Waals surface area contributed by atoms with Crippen LogP contribution in [0, 0.1) is 0 Å². The van der Waals surface area contributed by atoms with E-state index >= 15 is 0 Å². The molecule has 2 aliphatic heterocycles. The van der Waals surface area contributed by atoms with Gasteiger partial charge in [-0.2, -0.15) is 0 Å². The van der Waals surface area contributed by atoms with E-state index in [2.05, 4.69) is 30.4 Å². The maximum Gasteiger partial charge on any atom is 0.123 e. The fraction of sp³-hybridized carbons (Fsp3) is 0.538. The van der Waals surface area contributed by atoms with E-state index in [4.69, 9.17) is 4.74 Å². The van der Waals surface area contributed by atoms with Crippen LogP contribution in [0.15, 0.2) is 18.2 Å². The lowest BCUT2D eigenvalue weighted by molar-refractivity contribution is 0.251. The van der Waals surface area contributed by atoms with Crippen molar-refractivity contribution in [2.75, 3.05) is 13.2 Å². The molecule has 0 radical (unpaired) electrons. The molecule has 1 N–H and O–H groups in total. The van der Waals surface area contributed by atoms with Gasteiger partial charge >= 0.3 is 0 Å². The molecule has 0 aliphatic carbocycles. The van der Waals surface area contributed by atoms with Crippen molar-refractivity contribution in [2.45, 2.75) is 31.7 Å². The molecule has 2 nitrogen and oxygen atoms in total. The Morgan fingerprint density at radius 3 is 3.27 bits per heavy atom. The van der Waals surface area contributed by atoms with Crippen LogP contribution in [0.5, 0.6) is 5.75 Å². The summed E-state index contributed by atoms with van der Waals surface area (Å²) in [5, 5.41) is 3.63. The SMILES string of the molecule is CCC1NCC2CCOc3cccc1c32. The van der Waals surface area contributed by atoms with Gasteiger partial charge in [-0.15, -0.1) is 0 Å². The van der Waals surface area contributed by atoms with Gasteiger partial charge in [0.05, 0.1) is 6.61 Å². The van der Waals surface area contributed by atoms with Gasteiger partial charge in [-0.3, -0.25) is 0 Å². The highest BCUT2D eigenvalue weighted by Gasteiger charge is 2.30. The van der Waals surface area contributed by atoms with E-state index < -0.39 is 0 Å². The van der Waals surface area contributed by atoms with Crippen LogP contribution in [-0.2, 0) is 0 Å². The normalized spacial score (nSPS) is 28.1. The maximum atomic E-state index is 5.74. The van der Waals surface area contributed by atoms with Gasteiger partial charge in [0, 0.05) is 24.1 Å². The third kappa shape index (κ3) is 1.36. The van der Waals surface area contributed by atoms with E-state index in [0.29, 0.717) is 12.0 Å². The summed E-state index contributed by atoms with van der Waals surface area (Å²) in [6, 6.07) is 7.01. The van der Waals surface area contributed by atoms with Crippen molar-refractivity contribution in [1.29, 1.82) is 0 Å². The first kappa shape index (κ1) is 9.22. The van der Waals surface area contributed by atoms with Crippen LogP contribution < -0.4 is 10.1 Å². The molecule has 15 heavy (non-hydrogen) atoms. The van der Waals surface area contributed by atoms with Crippen LogP contribution in [0.2, 0.25) is 0 Å². The Kier molecular flexibility index (Phi) is 2.17. The van der Waals surface area contributed by atoms with Gasteiger partial charge in [0.2, 0.25) is 0 Å². The molecule has 2 heteroatoms. The van der Waals surface area contributed by atoms with Gasteiger partial charge in [0.15, 0.2) is 0 Å². The second-order valence-corrected chi connectivity index (χ2v) is 4.46. The molecule has 0 aromatic heterocycles. The van der Waals surface area contributed by atoms with E-state index in [-0.39, 0.29) is 0 Å². The molecule has 80 valence electrons. The Bertz CT molecular complexity index is 375. The summed E-state index contributed by atoms with van der Waals surface area (Å²) in [6.45, 7) is 4.23. The largest absolute Gasteiger partial charge is 0.493 e. The molecular weight excluding hydrogens is 186 g/mol. The molecule has 2 unspecified atom stereocenters. The third-order valence-electron chi connectivity index (χ3n) is 3.63. The van der Waals surface area contributed by atoms with Gasteiger partial charge in [-0.25, -0.2) is 0 Å². The molecule has 0 saturated carbocycles. The molecule has 1 aromatic carbocycles. The molecule has 2 aliphatic rings. The number of benzene rings is 1. The summed E-state index contributed by atoms with van der Waals surface area (Å²) in [5.41, 5.74) is 2.94. The Morgan fingerprint density at radius 1 is 1.47 bits per heavy atom. The van der Waals surface area contributed by atoms with Crippen molar-refractivity contribution in [3.8, 4) is 5.75 Å². The fourth-order valence-corrected chi connectivity index (χ4v) is 2.85. The molecule has 0 amide bonds. The average Bonchev–Trinajstić information content (AvgIpc) is 2.30. The zero-order valence-electron chi connectivity index (χ0n) is 9.12. The number of nitrogens with one attached hydrogen (secondary N) is 1.